The fourth-order valence-corrected chi connectivity index (χ4v) is 1.28. The molecule has 0 bridgehead atoms. The van der Waals surface area contributed by atoms with Crippen LogP contribution in [0, 0.1) is 0 Å². The molecule has 4 nitrogen and oxygen atoms in total. The van der Waals surface area contributed by atoms with Gasteiger partial charge in [-0.05, 0) is 27.7 Å². The van der Waals surface area contributed by atoms with Gasteiger partial charge in [0.2, 0.25) is 5.95 Å². The molecule has 0 radical (unpaired) electrons. The van der Waals surface area contributed by atoms with Crippen molar-refractivity contribution in [1.82, 2.24) is 9.97 Å². The predicted molar refractivity (Wildman–Crippen MR) is 64.6 cm³/mol. The summed E-state index contributed by atoms with van der Waals surface area (Å²) in [5.41, 5.74) is -1.33. The van der Waals surface area contributed by atoms with Crippen molar-refractivity contribution in [1.29, 1.82) is 0 Å². The maximum atomic E-state index is 12.7. The van der Waals surface area contributed by atoms with Crippen molar-refractivity contribution in [3.05, 3.63) is 11.8 Å². The maximum absolute atomic E-state index is 12.7. The highest BCUT2D eigenvalue weighted by Crippen LogP contribution is 2.30. The lowest BCUT2D eigenvalue weighted by Crippen LogP contribution is -2.27. The van der Waals surface area contributed by atoms with Gasteiger partial charge in [-0.15, -0.1) is 0 Å². The third-order valence-electron chi connectivity index (χ3n) is 1.85. The molecule has 0 aromatic carbocycles. The molecular formula is C11H17F3N4. The van der Waals surface area contributed by atoms with Gasteiger partial charge in [0.15, 0.2) is 5.69 Å². The zero-order valence-corrected chi connectivity index (χ0v) is 10.8. The molecule has 0 fully saturated rings. The highest BCUT2D eigenvalue weighted by molar-refractivity contribution is 5.44. The highest BCUT2D eigenvalue weighted by atomic mass is 19.4. The Labute approximate surface area is 104 Å². The number of rotatable bonds is 3. The molecule has 0 aliphatic carbocycles. The molecule has 0 spiro atoms. The van der Waals surface area contributed by atoms with Crippen molar-refractivity contribution in [3.63, 3.8) is 0 Å². The number of halogens is 3. The van der Waals surface area contributed by atoms with Crippen LogP contribution in [0.2, 0.25) is 0 Å². The van der Waals surface area contributed by atoms with Crippen molar-refractivity contribution in [3.8, 4) is 0 Å². The van der Waals surface area contributed by atoms with Crippen molar-refractivity contribution in [2.24, 2.45) is 0 Å². The number of aromatic nitrogens is 2. The van der Waals surface area contributed by atoms with Gasteiger partial charge in [-0.3, -0.25) is 0 Å². The standard InChI is InChI=1S/C11H17F3N4/c1-5-15-9-16-7(11(12,13)14)6-8(17-9)18-10(2,3)4/h6H,5H2,1-4H3,(H2,15,16,17,18). The Morgan fingerprint density at radius 2 is 1.78 bits per heavy atom. The van der Waals surface area contributed by atoms with Crippen LogP contribution >= 0.6 is 0 Å². The minimum Gasteiger partial charge on any atom is -0.365 e. The van der Waals surface area contributed by atoms with E-state index in [2.05, 4.69) is 20.6 Å². The summed E-state index contributed by atoms with van der Waals surface area (Å²) in [6, 6.07) is 0.909. The number of nitrogens with zero attached hydrogens (tertiary/aromatic N) is 2. The van der Waals surface area contributed by atoms with Crippen molar-refractivity contribution >= 4 is 11.8 Å². The second kappa shape index (κ2) is 4.99. The van der Waals surface area contributed by atoms with E-state index >= 15 is 0 Å². The van der Waals surface area contributed by atoms with Gasteiger partial charge in [0.05, 0.1) is 0 Å². The second-order valence-electron chi connectivity index (χ2n) is 4.87. The number of nitrogens with one attached hydrogen (secondary N) is 2. The average Bonchev–Trinajstić information content (AvgIpc) is 2.13. The predicted octanol–water partition coefficient (Wildman–Crippen LogP) is 3.14. The molecule has 0 saturated heterocycles. The number of alkyl halides is 3. The van der Waals surface area contributed by atoms with Crippen molar-refractivity contribution in [2.75, 3.05) is 17.2 Å². The molecule has 2 N–H and O–H groups in total. The van der Waals surface area contributed by atoms with Gasteiger partial charge in [-0.2, -0.15) is 18.2 Å². The van der Waals surface area contributed by atoms with E-state index in [4.69, 9.17) is 0 Å². The van der Waals surface area contributed by atoms with Crippen molar-refractivity contribution < 1.29 is 13.2 Å². The summed E-state index contributed by atoms with van der Waals surface area (Å²) in [4.78, 5) is 7.43. The van der Waals surface area contributed by atoms with E-state index in [1.165, 1.54) is 0 Å². The quantitative estimate of drug-likeness (QED) is 0.878. The third-order valence-corrected chi connectivity index (χ3v) is 1.85. The van der Waals surface area contributed by atoms with Gasteiger partial charge in [0.25, 0.3) is 0 Å². The number of hydrogen-bond acceptors (Lipinski definition) is 4. The monoisotopic (exact) mass is 262 g/mol. The summed E-state index contributed by atoms with van der Waals surface area (Å²) in [6.45, 7) is 7.75. The van der Waals surface area contributed by atoms with Crippen LogP contribution in [-0.2, 0) is 6.18 Å². The molecule has 102 valence electrons. The van der Waals surface area contributed by atoms with E-state index in [0.717, 1.165) is 6.07 Å². The Hall–Kier alpha value is -1.53. The smallest absolute Gasteiger partial charge is 0.365 e. The molecule has 0 aliphatic heterocycles. The van der Waals surface area contributed by atoms with Gasteiger partial charge < -0.3 is 10.6 Å². The lowest BCUT2D eigenvalue weighted by molar-refractivity contribution is -0.141. The number of hydrogen-bond donors (Lipinski definition) is 2. The Bertz CT molecular complexity index is 410. The third kappa shape index (κ3) is 4.38. The molecule has 0 unspecified atom stereocenters. The van der Waals surface area contributed by atoms with E-state index in [0.29, 0.717) is 6.54 Å². The van der Waals surface area contributed by atoms with E-state index < -0.39 is 11.9 Å². The Morgan fingerprint density at radius 1 is 1.17 bits per heavy atom. The summed E-state index contributed by atoms with van der Waals surface area (Å²) in [5.74, 6) is 0.125. The molecule has 1 aromatic rings. The lowest BCUT2D eigenvalue weighted by Gasteiger charge is -2.22. The Kier molecular flexibility index (Phi) is 4.03. The molecule has 1 aromatic heterocycles. The normalized spacial score (nSPS) is 12.4. The SMILES string of the molecule is CCNc1nc(NC(C)(C)C)cc(C(F)(F)F)n1. The first-order valence-corrected chi connectivity index (χ1v) is 5.60. The first-order chi connectivity index (χ1) is 8.12. The first kappa shape index (κ1) is 14.5. The Balaban J connectivity index is 3.14. The van der Waals surface area contributed by atoms with E-state index in [9.17, 15) is 13.2 Å². The zero-order chi connectivity index (χ0) is 14.0. The van der Waals surface area contributed by atoms with E-state index in [1.54, 1.807) is 6.92 Å². The first-order valence-electron chi connectivity index (χ1n) is 5.60. The molecule has 0 aliphatic rings. The summed E-state index contributed by atoms with van der Waals surface area (Å²) in [5, 5.41) is 5.59. The number of anilines is 2. The van der Waals surface area contributed by atoms with Crippen LogP contribution in [0.1, 0.15) is 33.4 Å². The minimum absolute atomic E-state index is 0.0286. The average molecular weight is 262 g/mol. The molecular weight excluding hydrogens is 245 g/mol. The molecule has 0 amide bonds. The largest absolute Gasteiger partial charge is 0.433 e. The van der Waals surface area contributed by atoms with E-state index in [-0.39, 0.29) is 17.3 Å². The van der Waals surface area contributed by atoms with Crippen LogP contribution in [0.3, 0.4) is 0 Å². The fraction of sp³-hybridized carbons (Fsp3) is 0.636. The summed E-state index contributed by atoms with van der Waals surface area (Å²) < 4.78 is 38.0. The van der Waals surface area contributed by atoms with E-state index in [1.807, 2.05) is 20.8 Å². The Morgan fingerprint density at radius 3 is 2.22 bits per heavy atom. The van der Waals surface area contributed by atoms with Gasteiger partial charge >= 0.3 is 6.18 Å². The molecule has 18 heavy (non-hydrogen) atoms. The molecule has 1 rings (SSSR count). The van der Waals surface area contributed by atoms with Gasteiger partial charge in [0, 0.05) is 18.2 Å². The van der Waals surface area contributed by atoms with Gasteiger partial charge in [-0.1, -0.05) is 0 Å². The topological polar surface area (TPSA) is 49.8 Å². The lowest BCUT2D eigenvalue weighted by atomic mass is 10.1. The maximum Gasteiger partial charge on any atom is 0.433 e. The fourth-order valence-electron chi connectivity index (χ4n) is 1.28. The molecule has 7 heteroatoms. The highest BCUT2D eigenvalue weighted by Gasteiger charge is 2.34. The van der Waals surface area contributed by atoms with Gasteiger partial charge in [-0.25, -0.2) is 4.98 Å². The van der Waals surface area contributed by atoms with Crippen molar-refractivity contribution in [2.45, 2.75) is 39.4 Å². The van der Waals surface area contributed by atoms with Crippen LogP contribution in [-0.4, -0.2) is 22.1 Å². The molecule has 1 heterocycles. The van der Waals surface area contributed by atoms with Crippen LogP contribution in [0.5, 0.6) is 0 Å². The van der Waals surface area contributed by atoms with Crippen LogP contribution in [0.4, 0.5) is 24.9 Å². The summed E-state index contributed by atoms with van der Waals surface area (Å²) in [6.07, 6.45) is -4.48. The second-order valence-corrected chi connectivity index (χ2v) is 4.87. The zero-order valence-electron chi connectivity index (χ0n) is 10.8. The van der Waals surface area contributed by atoms with Crippen LogP contribution < -0.4 is 10.6 Å². The van der Waals surface area contributed by atoms with Gasteiger partial charge in [0.1, 0.15) is 5.82 Å². The van der Waals surface area contributed by atoms with Crippen LogP contribution in [0.15, 0.2) is 6.07 Å². The summed E-state index contributed by atoms with van der Waals surface area (Å²) in [7, 11) is 0. The molecule has 0 atom stereocenters. The van der Waals surface area contributed by atoms with Crippen LogP contribution in [0.25, 0.3) is 0 Å². The summed E-state index contributed by atoms with van der Waals surface area (Å²) >= 11 is 0. The molecule has 0 saturated carbocycles. The minimum atomic E-state index is -4.48.